The molecule has 37 heavy (non-hydrogen) atoms. The van der Waals surface area contributed by atoms with Crippen molar-refractivity contribution in [2.75, 3.05) is 38.1 Å². The number of rotatable bonds is 14. The second-order valence-corrected chi connectivity index (χ2v) is 11.0. The van der Waals surface area contributed by atoms with Crippen LogP contribution in [0.5, 0.6) is 0 Å². The Labute approximate surface area is 222 Å². The molecule has 3 rings (SSSR count). The van der Waals surface area contributed by atoms with Crippen molar-refractivity contribution in [1.82, 2.24) is 20.1 Å². The number of nitrogens with zero attached hydrogens (tertiary/aromatic N) is 3. The van der Waals surface area contributed by atoms with Crippen molar-refractivity contribution < 1.29 is 19.4 Å². The first-order valence-corrected chi connectivity index (χ1v) is 14.1. The zero-order valence-corrected chi connectivity index (χ0v) is 23.2. The normalized spacial score (nSPS) is 18.1. The Kier molecular flexibility index (Phi) is 11.4. The molecular formula is C28H47N5O4. The molecule has 0 spiro atoms. The van der Waals surface area contributed by atoms with Crippen LogP contribution in [0.2, 0.25) is 0 Å². The molecule has 0 aliphatic carbocycles. The molecule has 0 saturated carbocycles. The summed E-state index contributed by atoms with van der Waals surface area (Å²) >= 11 is 0. The van der Waals surface area contributed by atoms with E-state index in [-0.39, 0.29) is 24.2 Å². The highest BCUT2D eigenvalue weighted by molar-refractivity contribution is 5.82. The van der Waals surface area contributed by atoms with Crippen molar-refractivity contribution in [2.45, 2.75) is 103 Å². The average molecular weight is 518 g/mol. The van der Waals surface area contributed by atoms with Crippen molar-refractivity contribution in [3.8, 4) is 0 Å². The van der Waals surface area contributed by atoms with Crippen LogP contribution in [-0.4, -0.2) is 88.9 Å². The predicted molar refractivity (Wildman–Crippen MR) is 146 cm³/mol. The van der Waals surface area contributed by atoms with Gasteiger partial charge >= 0.3 is 12.0 Å². The Morgan fingerprint density at radius 1 is 1.16 bits per heavy atom. The largest absolute Gasteiger partial charge is 0.480 e. The van der Waals surface area contributed by atoms with Crippen LogP contribution in [0.1, 0.15) is 77.5 Å². The number of carbonyl (C=O) groups excluding carboxylic acids is 1. The Bertz CT molecular complexity index is 864. The maximum atomic E-state index is 12.8. The number of amides is 2. The van der Waals surface area contributed by atoms with Gasteiger partial charge in [0.2, 0.25) is 0 Å². The van der Waals surface area contributed by atoms with Crippen LogP contribution < -0.4 is 10.6 Å². The van der Waals surface area contributed by atoms with Gasteiger partial charge in [0.25, 0.3) is 0 Å². The van der Waals surface area contributed by atoms with Gasteiger partial charge in [0.15, 0.2) is 0 Å². The Hall–Kier alpha value is -2.39. The molecule has 0 unspecified atom stereocenters. The van der Waals surface area contributed by atoms with E-state index in [0.717, 1.165) is 82.7 Å². The second-order valence-electron chi connectivity index (χ2n) is 11.0. The summed E-state index contributed by atoms with van der Waals surface area (Å²) in [5.41, 5.74) is 2.43. The molecule has 2 aliphatic rings. The fourth-order valence-corrected chi connectivity index (χ4v) is 5.38. The number of aliphatic carboxylic acids is 1. The van der Waals surface area contributed by atoms with E-state index in [9.17, 15) is 14.7 Å². The molecule has 3 N–H and O–H groups in total. The van der Waals surface area contributed by atoms with Crippen LogP contribution >= 0.6 is 0 Å². The highest BCUT2D eigenvalue weighted by Crippen LogP contribution is 2.20. The number of pyridine rings is 1. The summed E-state index contributed by atoms with van der Waals surface area (Å²) in [6, 6.07) is 3.08. The number of ether oxygens (including phenoxy) is 1. The number of nitrogens with one attached hydrogen (secondary N) is 2. The Morgan fingerprint density at radius 2 is 1.95 bits per heavy atom. The van der Waals surface area contributed by atoms with Gasteiger partial charge < -0.3 is 30.3 Å². The molecule has 2 atom stereocenters. The minimum atomic E-state index is -0.995. The van der Waals surface area contributed by atoms with Crippen molar-refractivity contribution in [3.05, 3.63) is 23.4 Å². The zero-order valence-electron chi connectivity index (χ0n) is 23.2. The monoisotopic (exact) mass is 517 g/mol. The molecule has 1 fully saturated rings. The summed E-state index contributed by atoms with van der Waals surface area (Å²) in [6.45, 7) is 11.8. The molecular weight excluding hydrogens is 470 g/mol. The van der Waals surface area contributed by atoms with E-state index in [1.165, 1.54) is 5.56 Å². The first-order valence-electron chi connectivity index (χ1n) is 14.1. The molecule has 0 radical (unpaired) electrons. The van der Waals surface area contributed by atoms with Crippen LogP contribution in [-0.2, 0) is 22.4 Å². The number of fused-ring (bicyclic) bond motifs is 1. The van der Waals surface area contributed by atoms with Gasteiger partial charge in [-0.05, 0) is 97.2 Å². The third-order valence-electron chi connectivity index (χ3n) is 7.27. The molecule has 2 aliphatic heterocycles. The fraction of sp³-hybridized carbons (Fsp3) is 0.750. The maximum absolute atomic E-state index is 12.8. The van der Waals surface area contributed by atoms with Gasteiger partial charge in [-0.15, -0.1) is 0 Å². The molecule has 9 heteroatoms. The van der Waals surface area contributed by atoms with Gasteiger partial charge in [-0.2, -0.15) is 0 Å². The minimum absolute atomic E-state index is 0.00848. The lowest BCUT2D eigenvalue weighted by Crippen LogP contribution is -2.53. The number of aryl methyl sites for hydroxylation is 2. The summed E-state index contributed by atoms with van der Waals surface area (Å²) in [6.07, 6.45) is 7.87. The fourth-order valence-electron chi connectivity index (χ4n) is 5.38. The third kappa shape index (κ3) is 9.14. The Morgan fingerprint density at radius 3 is 2.62 bits per heavy atom. The van der Waals surface area contributed by atoms with E-state index in [0.29, 0.717) is 13.0 Å². The molecule has 1 aromatic rings. The number of carbonyl (C=O) groups is 2. The average Bonchev–Trinajstić information content (AvgIpc) is 3.36. The molecule has 3 heterocycles. The van der Waals surface area contributed by atoms with E-state index in [1.54, 1.807) is 4.90 Å². The molecule has 1 saturated heterocycles. The summed E-state index contributed by atoms with van der Waals surface area (Å²) in [5, 5.41) is 16.0. The topological polar surface area (TPSA) is 107 Å². The van der Waals surface area contributed by atoms with Gasteiger partial charge in [0.1, 0.15) is 11.9 Å². The smallest absolute Gasteiger partial charge is 0.326 e. The summed E-state index contributed by atoms with van der Waals surface area (Å²) in [5.74, 6) is 0.0454. The van der Waals surface area contributed by atoms with Crippen LogP contribution in [0.25, 0.3) is 0 Å². The number of carboxylic acids is 1. The minimum Gasteiger partial charge on any atom is -0.480 e. The molecule has 9 nitrogen and oxygen atoms in total. The number of unbranched alkanes of at least 4 members (excludes halogenated alkanes) is 1. The zero-order chi connectivity index (χ0) is 26.8. The molecule has 0 bridgehead atoms. The van der Waals surface area contributed by atoms with Gasteiger partial charge in [-0.3, -0.25) is 0 Å². The quantitative estimate of drug-likeness (QED) is 0.321. The van der Waals surface area contributed by atoms with Crippen LogP contribution in [0.15, 0.2) is 12.1 Å². The van der Waals surface area contributed by atoms with E-state index in [2.05, 4.69) is 27.7 Å². The van der Waals surface area contributed by atoms with Gasteiger partial charge in [-0.25, -0.2) is 14.6 Å². The third-order valence-corrected chi connectivity index (χ3v) is 7.27. The number of hydrogen-bond acceptors (Lipinski definition) is 6. The molecule has 0 aromatic carbocycles. The van der Waals surface area contributed by atoms with E-state index >= 15 is 0 Å². The number of anilines is 1. The lowest BCUT2D eigenvalue weighted by atomic mass is 10.1. The van der Waals surface area contributed by atoms with Crippen LogP contribution in [0.4, 0.5) is 10.6 Å². The molecule has 1 aromatic heterocycles. The lowest BCUT2D eigenvalue weighted by molar-refractivity contribution is -0.139. The maximum Gasteiger partial charge on any atom is 0.326 e. The second kappa shape index (κ2) is 14.5. The standard InChI is InChI=1S/C28H47N5O4/c1-20(2)33(21(3)4)28(36)31-25(27(34)35)14-17-32(19-24-11-8-18-37-24)16-6-5-10-23-13-12-22-9-7-15-29-26(22)30-23/h12-13,20-21,24-25H,5-11,14-19H2,1-4H3,(H,29,30)(H,31,36)(H,34,35)/t24-,25-/m0/s1. The predicted octanol–water partition coefficient (Wildman–Crippen LogP) is 3.92. The van der Waals surface area contributed by atoms with Crippen LogP contribution in [0, 0.1) is 0 Å². The van der Waals surface area contributed by atoms with Crippen molar-refractivity contribution in [1.29, 1.82) is 0 Å². The van der Waals surface area contributed by atoms with Gasteiger partial charge in [-0.1, -0.05) is 6.07 Å². The lowest BCUT2D eigenvalue weighted by Gasteiger charge is -2.32. The highest BCUT2D eigenvalue weighted by Gasteiger charge is 2.27. The molecule has 208 valence electrons. The summed E-state index contributed by atoms with van der Waals surface area (Å²) in [4.78, 5) is 33.6. The van der Waals surface area contributed by atoms with Gasteiger partial charge in [0, 0.05) is 44.0 Å². The molecule has 2 amide bonds. The van der Waals surface area contributed by atoms with Crippen molar-refractivity contribution in [2.24, 2.45) is 0 Å². The summed E-state index contributed by atoms with van der Waals surface area (Å²) in [7, 11) is 0. The van der Waals surface area contributed by atoms with E-state index < -0.39 is 12.0 Å². The van der Waals surface area contributed by atoms with Crippen LogP contribution in [0.3, 0.4) is 0 Å². The highest BCUT2D eigenvalue weighted by atomic mass is 16.5. The van der Waals surface area contributed by atoms with Gasteiger partial charge in [0.05, 0.1) is 6.10 Å². The Balaban J connectivity index is 1.52. The first kappa shape index (κ1) is 29.2. The van der Waals surface area contributed by atoms with E-state index in [1.807, 2.05) is 27.7 Å². The number of urea groups is 1. The summed E-state index contributed by atoms with van der Waals surface area (Å²) < 4.78 is 5.86. The number of aromatic nitrogens is 1. The van der Waals surface area contributed by atoms with Crippen molar-refractivity contribution in [3.63, 3.8) is 0 Å². The first-order chi connectivity index (χ1) is 17.7. The van der Waals surface area contributed by atoms with Crippen molar-refractivity contribution >= 4 is 17.8 Å². The SMILES string of the molecule is CC(C)N(C(=O)N[C@@H](CCN(CCCCc1ccc2c(n1)NCCC2)C[C@@H]1CCCO1)C(=O)O)C(C)C. The number of hydrogen-bond donors (Lipinski definition) is 3. The number of carboxylic acid groups (broad SMARTS) is 1. The van der Waals surface area contributed by atoms with E-state index in [4.69, 9.17) is 9.72 Å².